The second kappa shape index (κ2) is 7.89. The van der Waals surface area contributed by atoms with Crippen molar-refractivity contribution in [2.75, 3.05) is 7.11 Å². The molecule has 0 spiro atoms. The van der Waals surface area contributed by atoms with Gasteiger partial charge in [0.05, 0.1) is 12.7 Å². The molecule has 23 heavy (non-hydrogen) atoms. The summed E-state index contributed by atoms with van der Waals surface area (Å²) in [6.07, 6.45) is 2.69. The van der Waals surface area contributed by atoms with Crippen molar-refractivity contribution in [3.63, 3.8) is 0 Å². The highest BCUT2D eigenvalue weighted by molar-refractivity contribution is 5.89. The van der Waals surface area contributed by atoms with Gasteiger partial charge in [0, 0.05) is 6.08 Å². The molecular formula is C18H15FO4. The van der Waals surface area contributed by atoms with E-state index in [1.165, 1.54) is 31.4 Å². The molecule has 0 fully saturated rings. The molecule has 0 amide bonds. The molecule has 2 aromatic carbocycles. The van der Waals surface area contributed by atoms with Gasteiger partial charge in [-0.1, -0.05) is 24.3 Å². The van der Waals surface area contributed by atoms with Crippen molar-refractivity contribution in [1.29, 1.82) is 0 Å². The van der Waals surface area contributed by atoms with Gasteiger partial charge in [-0.05, 0) is 41.5 Å². The summed E-state index contributed by atoms with van der Waals surface area (Å²) >= 11 is 0. The Hall–Kier alpha value is -2.95. The molecule has 0 aromatic heterocycles. The smallest absolute Gasteiger partial charge is 0.337 e. The summed E-state index contributed by atoms with van der Waals surface area (Å²) in [4.78, 5) is 23.1. The number of hydrogen-bond acceptors (Lipinski definition) is 4. The first-order chi connectivity index (χ1) is 11.1. The second-order valence-electron chi connectivity index (χ2n) is 4.69. The second-order valence-corrected chi connectivity index (χ2v) is 4.69. The van der Waals surface area contributed by atoms with Gasteiger partial charge in [-0.2, -0.15) is 0 Å². The predicted molar refractivity (Wildman–Crippen MR) is 83.0 cm³/mol. The van der Waals surface area contributed by atoms with Gasteiger partial charge in [-0.15, -0.1) is 0 Å². The van der Waals surface area contributed by atoms with Crippen LogP contribution in [0.3, 0.4) is 0 Å². The number of rotatable bonds is 5. The lowest BCUT2D eigenvalue weighted by Crippen LogP contribution is -2.04. The number of methoxy groups -OCH3 is 1. The maximum atomic E-state index is 13.0. The molecular weight excluding hydrogens is 299 g/mol. The van der Waals surface area contributed by atoms with E-state index in [4.69, 9.17) is 4.74 Å². The molecule has 2 aromatic rings. The minimum absolute atomic E-state index is 0.0250. The van der Waals surface area contributed by atoms with Crippen LogP contribution in [-0.2, 0) is 20.9 Å². The Balaban J connectivity index is 1.93. The largest absolute Gasteiger partial charge is 0.465 e. The minimum atomic E-state index is -0.558. The number of esters is 2. The minimum Gasteiger partial charge on any atom is -0.465 e. The number of hydrogen-bond donors (Lipinski definition) is 0. The summed E-state index contributed by atoms with van der Waals surface area (Å²) in [7, 11) is 1.30. The van der Waals surface area contributed by atoms with E-state index in [9.17, 15) is 14.0 Å². The average Bonchev–Trinajstić information content (AvgIpc) is 2.57. The summed E-state index contributed by atoms with van der Waals surface area (Å²) in [5, 5.41) is 0. The quantitative estimate of drug-likeness (QED) is 0.627. The fourth-order valence-corrected chi connectivity index (χ4v) is 1.88. The van der Waals surface area contributed by atoms with E-state index in [0.717, 1.165) is 0 Å². The third-order valence-corrected chi connectivity index (χ3v) is 2.99. The molecule has 0 unspecified atom stereocenters. The Kier molecular flexibility index (Phi) is 5.63. The number of ether oxygens (including phenoxy) is 2. The van der Waals surface area contributed by atoms with Gasteiger partial charge in [0.25, 0.3) is 0 Å². The zero-order valence-corrected chi connectivity index (χ0v) is 12.5. The third kappa shape index (κ3) is 5.07. The molecule has 0 saturated carbocycles. The van der Waals surface area contributed by atoms with Crippen molar-refractivity contribution in [1.82, 2.24) is 0 Å². The summed E-state index contributed by atoms with van der Waals surface area (Å²) in [5.41, 5.74) is 1.62. The summed E-state index contributed by atoms with van der Waals surface area (Å²) in [6.45, 7) is 0.0250. The summed E-state index contributed by atoms with van der Waals surface area (Å²) in [5.74, 6) is -1.39. The van der Waals surface area contributed by atoms with Crippen LogP contribution in [-0.4, -0.2) is 19.0 Å². The third-order valence-electron chi connectivity index (χ3n) is 2.99. The monoisotopic (exact) mass is 314 g/mol. The van der Waals surface area contributed by atoms with Crippen molar-refractivity contribution in [2.24, 2.45) is 0 Å². The van der Waals surface area contributed by atoms with Crippen molar-refractivity contribution in [2.45, 2.75) is 6.61 Å². The standard InChI is InChI=1S/C18H15FO4/c1-22-18(21)15-6-2-5-14(10-15)12-23-17(20)9-8-13-4-3-7-16(19)11-13/h2-11H,12H2,1H3/b9-8+. The molecule has 0 N–H and O–H groups in total. The first-order valence-electron chi connectivity index (χ1n) is 6.86. The lowest BCUT2D eigenvalue weighted by Gasteiger charge is -2.04. The van der Waals surface area contributed by atoms with Crippen molar-refractivity contribution >= 4 is 18.0 Å². The van der Waals surface area contributed by atoms with Crippen LogP contribution in [0.2, 0.25) is 0 Å². The Morgan fingerprint density at radius 3 is 2.65 bits per heavy atom. The first-order valence-corrected chi connectivity index (χ1v) is 6.86. The van der Waals surface area contributed by atoms with Gasteiger partial charge < -0.3 is 9.47 Å². The highest BCUT2D eigenvalue weighted by atomic mass is 19.1. The molecule has 0 bridgehead atoms. The topological polar surface area (TPSA) is 52.6 Å². The molecule has 2 rings (SSSR count). The van der Waals surface area contributed by atoms with Gasteiger partial charge in [-0.25, -0.2) is 14.0 Å². The van der Waals surface area contributed by atoms with Gasteiger partial charge in [0.1, 0.15) is 12.4 Å². The van der Waals surface area contributed by atoms with Crippen LogP contribution >= 0.6 is 0 Å². The van der Waals surface area contributed by atoms with Crippen LogP contribution in [0.15, 0.2) is 54.6 Å². The predicted octanol–water partition coefficient (Wildman–Crippen LogP) is 3.37. The number of halogens is 1. The highest BCUT2D eigenvalue weighted by Crippen LogP contribution is 2.09. The van der Waals surface area contributed by atoms with Crippen molar-refractivity contribution in [3.8, 4) is 0 Å². The van der Waals surface area contributed by atoms with Gasteiger partial charge in [-0.3, -0.25) is 0 Å². The fourth-order valence-electron chi connectivity index (χ4n) is 1.88. The van der Waals surface area contributed by atoms with Crippen LogP contribution in [0.25, 0.3) is 6.08 Å². The zero-order valence-electron chi connectivity index (χ0n) is 12.5. The summed E-state index contributed by atoms with van der Waals surface area (Å²) < 4.78 is 22.7. The lowest BCUT2D eigenvalue weighted by atomic mass is 10.1. The highest BCUT2D eigenvalue weighted by Gasteiger charge is 2.06. The molecule has 0 aliphatic carbocycles. The number of carbonyl (C=O) groups excluding carboxylic acids is 2. The molecule has 118 valence electrons. The van der Waals surface area contributed by atoms with Gasteiger partial charge >= 0.3 is 11.9 Å². The van der Waals surface area contributed by atoms with E-state index in [1.807, 2.05) is 0 Å². The van der Waals surface area contributed by atoms with E-state index >= 15 is 0 Å². The van der Waals surface area contributed by atoms with Gasteiger partial charge in [0.15, 0.2) is 0 Å². The normalized spacial score (nSPS) is 10.5. The molecule has 0 aliphatic heterocycles. The van der Waals surface area contributed by atoms with E-state index < -0.39 is 11.9 Å². The van der Waals surface area contributed by atoms with Crippen LogP contribution < -0.4 is 0 Å². The molecule has 4 nitrogen and oxygen atoms in total. The van der Waals surface area contributed by atoms with Crippen molar-refractivity contribution < 1.29 is 23.5 Å². The molecule has 0 aliphatic rings. The molecule has 5 heteroatoms. The maximum absolute atomic E-state index is 13.0. The van der Waals surface area contributed by atoms with Crippen LogP contribution in [0.5, 0.6) is 0 Å². The Morgan fingerprint density at radius 1 is 1.13 bits per heavy atom. The van der Waals surface area contributed by atoms with E-state index in [0.29, 0.717) is 16.7 Å². The van der Waals surface area contributed by atoms with Gasteiger partial charge in [0.2, 0.25) is 0 Å². The number of benzene rings is 2. The average molecular weight is 314 g/mol. The Morgan fingerprint density at radius 2 is 1.91 bits per heavy atom. The Labute approximate surface area is 133 Å². The van der Waals surface area contributed by atoms with Crippen LogP contribution in [0, 0.1) is 5.82 Å². The Bertz CT molecular complexity index is 737. The molecule has 0 radical (unpaired) electrons. The first kappa shape index (κ1) is 16.4. The SMILES string of the molecule is COC(=O)c1cccc(COC(=O)/C=C/c2cccc(F)c2)c1. The van der Waals surface area contributed by atoms with E-state index in [2.05, 4.69) is 4.74 Å². The molecule has 0 atom stereocenters. The van der Waals surface area contributed by atoms with E-state index in [1.54, 1.807) is 36.4 Å². The van der Waals surface area contributed by atoms with Crippen molar-refractivity contribution in [3.05, 3.63) is 77.1 Å². The van der Waals surface area contributed by atoms with Crippen LogP contribution in [0.1, 0.15) is 21.5 Å². The molecule has 0 heterocycles. The molecule has 0 saturated heterocycles. The fraction of sp³-hybridized carbons (Fsp3) is 0.111. The lowest BCUT2D eigenvalue weighted by molar-refractivity contribution is -0.138. The number of carbonyl (C=O) groups is 2. The van der Waals surface area contributed by atoms with E-state index in [-0.39, 0.29) is 12.4 Å². The van der Waals surface area contributed by atoms with Crippen LogP contribution in [0.4, 0.5) is 4.39 Å². The summed E-state index contributed by atoms with van der Waals surface area (Å²) in [6, 6.07) is 12.5. The zero-order chi connectivity index (χ0) is 16.7. The maximum Gasteiger partial charge on any atom is 0.337 e.